The van der Waals surface area contributed by atoms with Crippen molar-refractivity contribution in [1.82, 2.24) is 14.5 Å². The van der Waals surface area contributed by atoms with Gasteiger partial charge < -0.3 is 5.73 Å². The largest absolute Gasteiger partial charge is 0.399 e. The number of anilines is 1. The van der Waals surface area contributed by atoms with Gasteiger partial charge in [0.05, 0.1) is 6.20 Å². The van der Waals surface area contributed by atoms with Gasteiger partial charge in [-0.2, -0.15) is 9.40 Å². The third-order valence-electron chi connectivity index (χ3n) is 2.78. The Morgan fingerprint density at radius 1 is 1.26 bits per heavy atom. The molecule has 102 valence electrons. The van der Waals surface area contributed by atoms with E-state index in [1.54, 1.807) is 19.1 Å². The van der Waals surface area contributed by atoms with Crippen molar-refractivity contribution < 1.29 is 8.42 Å². The topological polar surface area (TPSA) is 92.1 Å². The first-order valence-electron chi connectivity index (χ1n) is 5.88. The fraction of sp³-hybridized carbons (Fsp3) is 0.250. The van der Waals surface area contributed by atoms with Gasteiger partial charge >= 0.3 is 0 Å². The van der Waals surface area contributed by atoms with Crippen molar-refractivity contribution >= 4 is 15.7 Å². The summed E-state index contributed by atoms with van der Waals surface area (Å²) in [4.78, 5) is 0. The molecule has 0 bridgehead atoms. The Morgan fingerprint density at radius 3 is 2.47 bits per heavy atom. The zero-order chi connectivity index (χ0) is 13.9. The number of hydrogen-bond acceptors (Lipinski definition) is 4. The van der Waals surface area contributed by atoms with E-state index >= 15 is 0 Å². The van der Waals surface area contributed by atoms with Crippen LogP contribution in [0.25, 0.3) is 0 Å². The quantitative estimate of drug-likeness (QED) is 0.805. The van der Waals surface area contributed by atoms with Crippen molar-refractivity contribution in [3.8, 4) is 0 Å². The van der Waals surface area contributed by atoms with Crippen LogP contribution in [0.15, 0.2) is 41.6 Å². The van der Waals surface area contributed by atoms with E-state index in [2.05, 4.69) is 10.2 Å². The number of hydrogen-bond donors (Lipinski definition) is 2. The van der Waals surface area contributed by atoms with E-state index in [4.69, 9.17) is 5.73 Å². The zero-order valence-corrected chi connectivity index (χ0v) is 11.4. The molecule has 2 aromatic rings. The molecule has 0 saturated carbocycles. The van der Waals surface area contributed by atoms with Gasteiger partial charge in [-0.1, -0.05) is 19.1 Å². The molecule has 3 N–H and O–H groups in total. The van der Waals surface area contributed by atoms with Crippen LogP contribution in [0.5, 0.6) is 0 Å². The fourth-order valence-electron chi connectivity index (χ4n) is 1.72. The monoisotopic (exact) mass is 280 g/mol. The number of nitrogen functional groups attached to an aromatic ring is 1. The lowest BCUT2D eigenvalue weighted by Gasteiger charge is -2.19. The Hall–Kier alpha value is -1.86. The molecule has 0 atom stereocenters. The smallest absolute Gasteiger partial charge is 0.260 e. The van der Waals surface area contributed by atoms with Crippen LogP contribution in [0.1, 0.15) is 12.5 Å². The second-order valence-electron chi connectivity index (χ2n) is 4.09. The highest BCUT2D eigenvalue weighted by molar-refractivity contribution is 7.89. The average molecular weight is 280 g/mol. The van der Waals surface area contributed by atoms with Crippen LogP contribution in [-0.2, 0) is 16.6 Å². The van der Waals surface area contributed by atoms with Gasteiger partial charge in [-0.3, -0.25) is 5.10 Å². The molecular formula is C12H16N4O2S. The van der Waals surface area contributed by atoms with Crippen molar-refractivity contribution in [2.45, 2.75) is 18.5 Å². The number of benzene rings is 1. The third kappa shape index (κ3) is 2.94. The number of rotatable bonds is 5. The molecule has 0 aliphatic heterocycles. The third-order valence-corrected chi connectivity index (χ3v) is 4.63. The van der Waals surface area contributed by atoms with Crippen LogP contribution >= 0.6 is 0 Å². The molecule has 0 saturated heterocycles. The summed E-state index contributed by atoms with van der Waals surface area (Å²) in [7, 11) is -3.53. The molecule has 19 heavy (non-hydrogen) atoms. The average Bonchev–Trinajstić information content (AvgIpc) is 2.92. The van der Waals surface area contributed by atoms with Crippen molar-refractivity contribution in [2.24, 2.45) is 0 Å². The SMILES string of the molecule is CCN(Cc1ccc(N)cc1)S(=O)(=O)c1ccn[nH]1. The maximum Gasteiger partial charge on any atom is 0.260 e. The first-order valence-corrected chi connectivity index (χ1v) is 7.32. The minimum Gasteiger partial charge on any atom is -0.399 e. The van der Waals surface area contributed by atoms with Crippen LogP contribution in [0, 0.1) is 0 Å². The molecular weight excluding hydrogens is 264 g/mol. The van der Waals surface area contributed by atoms with E-state index in [-0.39, 0.29) is 5.03 Å². The standard InChI is InChI=1S/C12H16N4O2S/c1-2-16(9-10-3-5-11(13)6-4-10)19(17,18)12-7-8-14-15-12/h3-8H,2,9,13H2,1H3,(H,14,15). The molecule has 7 heteroatoms. The summed E-state index contributed by atoms with van der Waals surface area (Å²) in [5.41, 5.74) is 7.15. The van der Waals surface area contributed by atoms with E-state index < -0.39 is 10.0 Å². The zero-order valence-electron chi connectivity index (χ0n) is 10.6. The highest BCUT2D eigenvalue weighted by Crippen LogP contribution is 2.16. The summed E-state index contributed by atoms with van der Waals surface area (Å²) in [5.74, 6) is 0. The molecule has 0 amide bonds. The van der Waals surface area contributed by atoms with Gasteiger partial charge in [0.25, 0.3) is 10.0 Å². The number of aromatic nitrogens is 2. The molecule has 0 unspecified atom stereocenters. The second-order valence-corrected chi connectivity index (χ2v) is 6.00. The highest BCUT2D eigenvalue weighted by Gasteiger charge is 2.24. The van der Waals surface area contributed by atoms with Crippen molar-refractivity contribution in [3.05, 3.63) is 42.1 Å². The molecule has 1 aromatic heterocycles. The Labute approximate surface area is 112 Å². The molecule has 0 spiro atoms. The fourth-order valence-corrected chi connectivity index (χ4v) is 3.06. The van der Waals surface area contributed by atoms with Gasteiger partial charge in [-0.05, 0) is 23.8 Å². The minimum atomic E-state index is -3.53. The Bertz CT molecular complexity index is 620. The van der Waals surface area contributed by atoms with Gasteiger partial charge in [-0.25, -0.2) is 8.42 Å². The van der Waals surface area contributed by atoms with Gasteiger partial charge in [0.2, 0.25) is 0 Å². The van der Waals surface area contributed by atoms with Gasteiger partial charge in [0, 0.05) is 18.8 Å². The number of aromatic amines is 1. The Balaban J connectivity index is 2.23. The molecule has 0 aliphatic carbocycles. The van der Waals surface area contributed by atoms with E-state index in [0.717, 1.165) is 5.56 Å². The highest BCUT2D eigenvalue weighted by atomic mass is 32.2. The van der Waals surface area contributed by atoms with Crippen LogP contribution in [-0.4, -0.2) is 29.5 Å². The van der Waals surface area contributed by atoms with Crippen LogP contribution in [0.2, 0.25) is 0 Å². The Morgan fingerprint density at radius 2 is 1.95 bits per heavy atom. The molecule has 0 fully saturated rings. The number of sulfonamides is 1. The van der Waals surface area contributed by atoms with E-state index in [9.17, 15) is 8.42 Å². The first-order chi connectivity index (χ1) is 9.04. The molecule has 1 heterocycles. The van der Waals surface area contributed by atoms with Crippen molar-refractivity contribution in [3.63, 3.8) is 0 Å². The second kappa shape index (κ2) is 5.41. The van der Waals surface area contributed by atoms with Crippen molar-refractivity contribution in [1.29, 1.82) is 0 Å². The van der Waals surface area contributed by atoms with Crippen LogP contribution < -0.4 is 5.73 Å². The molecule has 0 radical (unpaired) electrons. The lowest BCUT2D eigenvalue weighted by atomic mass is 10.2. The van der Waals surface area contributed by atoms with Crippen LogP contribution in [0.3, 0.4) is 0 Å². The molecule has 1 aromatic carbocycles. The summed E-state index contributed by atoms with van der Waals surface area (Å²) in [5, 5.41) is 6.27. The molecule has 2 rings (SSSR count). The van der Waals surface area contributed by atoms with Crippen LogP contribution in [0.4, 0.5) is 5.69 Å². The number of nitrogens with zero attached hydrogens (tertiary/aromatic N) is 2. The van der Waals surface area contributed by atoms with Gasteiger partial charge in [-0.15, -0.1) is 0 Å². The van der Waals surface area contributed by atoms with Gasteiger partial charge in [0.1, 0.15) is 0 Å². The summed E-state index contributed by atoms with van der Waals surface area (Å²) in [6, 6.07) is 8.60. The predicted molar refractivity (Wildman–Crippen MR) is 72.7 cm³/mol. The lowest BCUT2D eigenvalue weighted by molar-refractivity contribution is 0.421. The van der Waals surface area contributed by atoms with E-state index in [1.807, 2.05) is 12.1 Å². The normalized spacial score (nSPS) is 11.9. The maximum atomic E-state index is 12.3. The number of H-pyrrole nitrogens is 1. The number of nitrogens with two attached hydrogens (primary N) is 1. The molecule has 6 nitrogen and oxygen atoms in total. The Kier molecular flexibility index (Phi) is 3.87. The summed E-state index contributed by atoms with van der Waals surface area (Å²) in [6.07, 6.45) is 1.42. The maximum absolute atomic E-state index is 12.3. The predicted octanol–water partition coefficient (Wildman–Crippen LogP) is 1.20. The van der Waals surface area contributed by atoms with Gasteiger partial charge in [0.15, 0.2) is 5.03 Å². The number of nitrogens with one attached hydrogen (secondary N) is 1. The first kappa shape index (κ1) is 13.6. The van der Waals surface area contributed by atoms with Crippen molar-refractivity contribution in [2.75, 3.05) is 12.3 Å². The summed E-state index contributed by atoms with van der Waals surface area (Å²) >= 11 is 0. The minimum absolute atomic E-state index is 0.102. The summed E-state index contributed by atoms with van der Waals surface area (Å²) in [6.45, 7) is 2.48. The lowest BCUT2D eigenvalue weighted by Crippen LogP contribution is -2.30. The molecule has 0 aliphatic rings. The van der Waals surface area contributed by atoms with E-state index in [1.165, 1.54) is 16.6 Å². The summed E-state index contributed by atoms with van der Waals surface area (Å²) < 4.78 is 26.0. The van der Waals surface area contributed by atoms with E-state index in [0.29, 0.717) is 18.8 Å².